The highest BCUT2D eigenvalue weighted by Gasteiger charge is 2.37. The molecule has 3 rings (SSSR count). The summed E-state index contributed by atoms with van der Waals surface area (Å²) in [6.45, 7) is 4.29. The smallest absolute Gasteiger partial charge is 0.237 e. The lowest BCUT2D eigenvalue weighted by Crippen LogP contribution is -2.52. The molecule has 1 amide bonds. The van der Waals surface area contributed by atoms with Crippen LogP contribution in [0, 0.1) is 0 Å². The van der Waals surface area contributed by atoms with Gasteiger partial charge in [0.2, 0.25) is 5.91 Å². The summed E-state index contributed by atoms with van der Waals surface area (Å²) in [6, 6.07) is 1.70. The summed E-state index contributed by atoms with van der Waals surface area (Å²) >= 11 is 0. The zero-order chi connectivity index (χ0) is 14.7. The fourth-order valence-corrected chi connectivity index (χ4v) is 3.92. The Morgan fingerprint density at radius 3 is 2.52 bits per heavy atom. The van der Waals surface area contributed by atoms with Crippen molar-refractivity contribution in [2.75, 3.05) is 13.1 Å². The van der Waals surface area contributed by atoms with Gasteiger partial charge in [-0.25, -0.2) is 0 Å². The van der Waals surface area contributed by atoms with Gasteiger partial charge >= 0.3 is 0 Å². The van der Waals surface area contributed by atoms with Crippen molar-refractivity contribution in [3.8, 4) is 0 Å². The second-order valence-corrected chi connectivity index (χ2v) is 7.24. The maximum atomic E-state index is 12.6. The van der Waals surface area contributed by atoms with Crippen LogP contribution >= 0.6 is 0 Å². The van der Waals surface area contributed by atoms with Gasteiger partial charge in [0.15, 0.2) is 0 Å². The van der Waals surface area contributed by atoms with Crippen molar-refractivity contribution >= 4 is 5.91 Å². The zero-order valence-electron chi connectivity index (χ0n) is 13.4. The molecule has 0 bridgehead atoms. The van der Waals surface area contributed by atoms with Crippen molar-refractivity contribution in [1.82, 2.24) is 15.5 Å². The molecule has 2 aliphatic carbocycles. The Balaban J connectivity index is 1.52. The van der Waals surface area contributed by atoms with E-state index in [-0.39, 0.29) is 11.9 Å². The van der Waals surface area contributed by atoms with Crippen LogP contribution in [0.25, 0.3) is 0 Å². The molecule has 1 aliphatic heterocycles. The Bertz CT molecular complexity index is 344. The minimum atomic E-state index is 0.0295. The van der Waals surface area contributed by atoms with Gasteiger partial charge in [-0.05, 0) is 52.0 Å². The molecule has 3 aliphatic rings. The maximum absolute atomic E-state index is 12.6. The van der Waals surface area contributed by atoms with Crippen molar-refractivity contribution in [2.24, 2.45) is 0 Å². The Morgan fingerprint density at radius 2 is 1.90 bits per heavy atom. The summed E-state index contributed by atoms with van der Waals surface area (Å²) in [5, 5.41) is 6.88. The van der Waals surface area contributed by atoms with Gasteiger partial charge in [0.05, 0.1) is 6.04 Å². The van der Waals surface area contributed by atoms with Crippen LogP contribution in [0.3, 0.4) is 0 Å². The molecular formula is C17H31N3O. The Labute approximate surface area is 129 Å². The highest BCUT2D eigenvalue weighted by atomic mass is 16.2. The molecular weight excluding hydrogens is 262 g/mol. The van der Waals surface area contributed by atoms with E-state index in [1.807, 2.05) is 0 Å². The fraction of sp³-hybridized carbons (Fsp3) is 0.941. The van der Waals surface area contributed by atoms with Crippen LogP contribution in [-0.2, 0) is 4.79 Å². The van der Waals surface area contributed by atoms with E-state index in [1.54, 1.807) is 0 Å². The predicted molar refractivity (Wildman–Crippen MR) is 85.2 cm³/mol. The molecule has 2 N–H and O–H groups in total. The van der Waals surface area contributed by atoms with Crippen molar-refractivity contribution in [1.29, 1.82) is 0 Å². The largest absolute Gasteiger partial charge is 0.352 e. The highest BCUT2D eigenvalue weighted by Crippen LogP contribution is 2.29. The number of carbonyl (C=O) groups is 1. The molecule has 2 unspecified atom stereocenters. The first-order valence-corrected chi connectivity index (χ1v) is 9.03. The number of rotatable bonds is 6. The summed E-state index contributed by atoms with van der Waals surface area (Å²) in [6.07, 6.45) is 11.3. The average Bonchev–Trinajstić information content (AvgIpc) is 3.21. The molecule has 2 atom stereocenters. The maximum Gasteiger partial charge on any atom is 0.237 e. The number of carbonyl (C=O) groups excluding carboxylic acids is 1. The molecule has 0 radical (unpaired) electrons. The monoisotopic (exact) mass is 293 g/mol. The van der Waals surface area contributed by atoms with E-state index in [2.05, 4.69) is 22.5 Å². The van der Waals surface area contributed by atoms with E-state index >= 15 is 0 Å². The van der Waals surface area contributed by atoms with Crippen molar-refractivity contribution in [2.45, 2.75) is 88.9 Å². The van der Waals surface area contributed by atoms with Gasteiger partial charge in [-0.1, -0.05) is 19.3 Å². The first-order valence-electron chi connectivity index (χ1n) is 9.03. The van der Waals surface area contributed by atoms with Gasteiger partial charge in [-0.3, -0.25) is 9.69 Å². The van der Waals surface area contributed by atoms with Crippen LogP contribution in [0.1, 0.15) is 64.7 Å². The standard InChI is InChI=1S/C17H31N3O/c1-13(17(21)19-14-6-3-2-4-7-14)20(16-9-10-16)12-15-8-5-11-18-15/h13-16,18H,2-12H2,1H3,(H,19,21). The molecule has 120 valence electrons. The third kappa shape index (κ3) is 4.19. The van der Waals surface area contributed by atoms with Crippen molar-refractivity contribution in [3.63, 3.8) is 0 Å². The van der Waals surface area contributed by atoms with Crippen LogP contribution in [0.5, 0.6) is 0 Å². The van der Waals surface area contributed by atoms with E-state index in [1.165, 1.54) is 57.8 Å². The summed E-state index contributed by atoms with van der Waals surface area (Å²) in [7, 11) is 0. The van der Waals surface area contributed by atoms with Crippen molar-refractivity contribution < 1.29 is 4.79 Å². The first kappa shape index (κ1) is 15.3. The van der Waals surface area contributed by atoms with Gasteiger partial charge < -0.3 is 10.6 Å². The molecule has 3 fully saturated rings. The molecule has 2 saturated carbocycles. The lowest BCUT2D eigenvalue weighted by atomic mass is 9.95. The van der Waals surface area contributed by atoms with Gasteiger partial charge in [0.25, 0.3) is 0 Å². The third-order valence-corrected chi connectivity index (χ3v) is 5.44. The molecule has 1 saturated heterocycles. The lowest BCUT2D eigenvalue weighted by molar-refractivity contribution is -0.127. The molecule has 4 heteroatoms. The summed E-state index contributed by atoms with van der Waals surface area (Å²) in [5.41, 5.74) is 0. The fourth-order valence-electron chi connectivity index (χ4n) is 3.92. The van der Waals surface area contributed by atoms with Crippen molar-refractivity contribution in [3.05, 3.63) is 0 Å². The Hall–Kier alpha value is -0.610. The minimum absolute atomic E-state index is 0.0295. The Kier molecular flexibility index (Phi) is 5.17. The highest BCUT2D eigenvalue weighted by molar-refractivity contribution is 5.81. The summed E-state index contributed by atoms with van der Waals surface area (Å²) in [5.74, 6) is 0.256. The Morgan fingerprint density at radius 1 is 1.14 bits per heavy atom. The van der Waals surface area contributed by atoms with E-state index < -0.39 is 0 Å². The molecule has 4 nitrogen and oxygen atoms in total. The SMILES string of the molecule is CC(C(=O)NC1CCCCC1)N(CC1CCCN1)C1CC1. The molecule has 0 spiro atoms. The summed E-state index contributed by atoms with van der Waals surface area (Å²) in [4.78, 5) is 15.0. The lowest BCUT2D eigenvalue weighted by Gasteiger charge is -2.32. The van der Waals surface area contributed by atoms with E-state index in [0.717, 1.165) is 13.1 Å². The van der Waals surface area contributed by atoms with Gasteiger partial charge in [-0.15, -0.1) is 0 Å². The van der Waals surface area contributed by atoms with Crippen LogP contribution in [0.2, 0.25) is 0 Å². The van der Waals surface area contributed by atoms with Gasteiger partial charge in [0.1, 0.15) is 0 Å². The van der Waals surface area contributed by atoms with Gasteiger partial charge in [0, 0.05) is 24.7 Å². The summed E-state index contributed by atoms with van der Waals surface area (Å²) < 4.78 is 0. The van der Waals surface area contributed by atoms with Crippen LogP contribution in [0.4, 0.5) is 0 Å². The van der Waals surface area contributed by atoms with E-state index in [0.29, 0.717) is 18.1 Å². The van der Waals surface area contributed by atoms with Gasteiger partial charge in [-0.2, -0.15) is 0 Å². The molecule has 0 aromatic rings. The number of nitrogens with zero attached hydrogens (tertiary/aromatic N) is 1. The number of nitrogens with one attached hydrogen (secondary N) is 2. The third-order valence-electron chi connectivity index (χ3n) is 5.44. The average molecular weight is 293 g/mol. The normalized spacial score (nSPS) is 28.8. The van der Waals surface area contributed by atoms with Crippen LogP contribution < -0.4 is 10.6 Å². The number of hydrogen-bond donors (Lipinski definition) is 2. The van der Waals surface area contributed by atoms with E-state index in [4.69, 9.17) is 0 Å². The van der Waals surface area contributed by atoms with Crippen LogP contribution in [-0.4, -0.2) is 48.1 Å². The first-order chi connectivity index (χ1) is 10.2. The number of amides is 1. The molecule has 21 heavy (non-hydrogen) atoms. The second-order valence-electron chi connectivity index (χ2n) is 7.24. The topological polar surface area (TPSA) is 44.4 Å². The zero-order valence-corrected chi connectivity index (χ0v) is 13.4. The predicted octanol–water partition coefficient (Wildman–Crippen LogP) is 2.04. The van der Waals surface area contributed by atoms with Crippen LogP contribution in [0.15, 0.2) is 0 Å². The number of hydrogen-bond acceptors (Lipinski definition) is 3. The van der Waals surface area contributed by atoms with E-state index in [9.17, 15) is 4.79 Å². The quantitative estimate of drug-likeness (QED) is 0.788. The molecule has 0 aromatic heterocycles. The molecule has 0 aromatic carbocycles. The second kappa shape index (κ2) is 7.10. The minimum Gasteiger partial charge on any atom is -0.352 e. The molecule has 1 heterocycles.